The van der Waals surface area contributed by atoms with Crippen molar-refractivity contribution in [2.75, 3.05) is 0 Å². The van der Waals surface area contributed by atoms with Crippen LogP contribution in [0, 0.1) is 23.2 Å². The first-order valence-corrected chi connectivity index (χ1v) is 6.59. The summed E-state index contributed by atoms with van der Waals surface area (Å²) in [7, 11) is 0. The third kappa shape index (κ3) is 8.48. The molecular weight excluding hydrogens is 182 g/mol. The zero-order chi connectivity index (χ0) is 11.5. The summed E-state index contributed by atoms with van der Waals surface area (Å²) in [4.78, 5) is 0. The Balaban J connectivity index is 3.43. The van der Waals surface area contributed by atoms with Crippen LogP contribution in [0.25, 0.3) is 0 Å². The van der Waals surface area contributed by atoms with E-state index in [9.17, 15) is 0 Å². The van der Waals surface area contributed by atoms with Gasteiger partial charge in [-0.1, -0.05) is 59.3 Å². The molecule has 0 aliphatic carbocycles. The predicted molar refractivity (Wildman–Crippen MR) is 66.6 cm³/mol. The summed E-state index contributed by atoms with van der Waals surface area (Å²) in [5, 5.41) is 8.43. The van der Waals surface area contributed by atoms with Gasteiger partial charge in [-0.15, -0.1) is 0 Å². The molecule has 2 unspecified atom stereocenters. The molecule has 0 bridgehead atoms. The first-order valence-electron chi connectivity index (χ1n) is 6.59. The van der Waals surface area contributed by atoms with Gasteiger partial charge in [-0.2, -0.15) is 5.26 Å². The van der Waals surface area contributed by atoms with Crippen LogP contribution in [0.4, 0.5) is 0 Å². The molecule has 0 aromatic rings. The Morgan fingerprint density at radius 3 is 1.93 bits per heavy atom. The van der Waals surface area contributed by atoms with Crippen molar-refractivity contribution < 1.29 is 0 Å². The largest absolute Gasteiger partial charge is 0.198 e. The quantitative estimate of drug-likeness (QED) is 0.494. The fourth-order valence-electron chi connectivity index (χ4n) is 1.96. The Labute approximate surface area is 95.9 Å². The van der Waals surface area contributed by atoms with E-state index in [4.69, 9.17) is 5.26 Å². The van der Waals surface area contributed by atoms with Crippen LogP contribution in [0.2, 0.25) is 0 Å². The lowest BCUT2D eigenvalue weighted by Crippen LogP contribution is -2.07. The number of unbranched alkanes of at least 4 members (excludes halogenated alkanes) is 4. The molecule has 0 radical (unpaired) electrons. The fraction of sp³-hybridized carbons (Fsp3) is 0.929. The summed E-state index contributed by atoms with van der Waals surface area (Å²) in [5.41, 5.74) is 0. The summed E-state index contributed by atoms with van der Waals surface area (Å²) in [6.45, 7) is 7.00. The normalized spacial score (nSPS) is 14.5. The highest BCUT2D eigenvalue weighted by molar-refractivity contribution is 4.69. The molecule has 0 rings (SSSR count). The number of rotatable bonds is 9. The summed E-state index contributed by atoms with van der Waals surface area (Å²) >= 11 is 0. The van der Waals surface area contributed by atoms with Crippen molar-refractivity contribution >= 4 is 0 Å². The van der Waals surface area contributed by atoms with Crippen molar-refractivity contribution in [3.8, 4) is 6.07 Å². The van der Waals surface area contributed by atoms with Crippen molar-refractivity contribution in [2.24, 2.45) is 11.8 Å². The van der Waals surface area contributed by atoms with Gasteiger partial charge < -0.3 is 0 Å². The van der Waals surface area contributed by atoms with Gasteiger partial charge in [0.25, 0.3) is 0 Å². The molecule has 0 amide bonds. The molecule has 1 nitrogen and oxygen atoms in total. The highest BCUT2D eigenvalue weighted by Crippen LogP contribution is 2.23. The van der Waals surface area contributed by atoms with Gasteiger partial charge in [0.2, 0.25) is 0 Å². The molecule has 0 saturated heterocycles. The molecule has 0 aromatic carbocycles. The maximum atomic E-state index is 8.43. The van der Waals surface area contributed by atoms with Gasteiger partial charge >= 0.3 is 0 Å². The lowest BCUT2D eigenvalue weighted by Gasteiger charge is -2.19. The first-order chi connectivity index (χ1) is 7.22. The van der Waals surface area contributed by atoms with Crippen LogP contribution in [0.3, 0.4) is 0 Å². The average Bonchev–Trinajstić information content (AvgIpc) is 2.24. The molecule has 0 aliphatic heterocycles. The number of nitriles is 1. The lowest BCUT2D eigenvalue weighted by molar-refractivity contribution is 0.325. The second kappa shape index (κ2) is 10.0. The van der Waals surface area contributed by atoms with E-state index < -0.39 is 0 Å². The van der Waals surface area contributed by atoms with E-state index in [1.54, 1.807) is 0 Å². The van der Waals surface area contributed by atoms with Crippen LogP contribution in [-0.4, -0.2) is 0 Å². The summed E-state index contributed by atoms with van der Waals surface area (Å²) < 4.78 is 0. The zero-order valence-electron chi connectivity index (χ0n) is 10.8. The van der Waals surface area contributed by atoms with Crippen molar-refractivity contribution in [3.05, 3.63) is 0 Å². The molecule has 15 heavy (non-hydrogen) atoms. The van der Waals surface area contributed by atoms with Crippen LogP contribution in [0.1, 0.15) is 72.1 Å². The third-order valence-electron chi connectivity index (χ3n) is 3.43. The van der Waals surface area contributed by atoms with Gasteiger partial charge in [0.1, 0.15) is 0 Å². The van der Waals surface area contributed by atoms with Crippen LogP contribution in [-0.2, 0) is 0 Å². The van der Waals surface area contributed by atoms with Crippen molar-refractivity contribution in [1.82, 2.24) is 0 Å². The molecule has 0 heterocycles. The van der Waals surface area contributed by atoms with Crippen molar-refractivity contribution in [3.63, 3.8) is 0 Å². The minimum absolute atomic E-state index is 0.733. The Hall–Kier alpha value is -0.510. The molecule has 0 aromatic heterocycles. The average molecular weight is 209 g/mol. The molecule has 0 spiro atoms. The topological polar surface area (TPSA) is 23.8 Å². The molecular formula is C14H27N. The summed E-state index contributed by atoms with van der Waals surface area (Å²) in [5.74, 6) is 1.69. The van der Waals surface area contributed by atoms with Crippen LogP contribution < -0.4 is 0 Å². The highest BCUT2D eigenvalue weighted by Gasteiger charge is 2.10. The number of nitrogens with zero attached hydrogens (tertiary/aromatic N) is 1. The third-order valence-corrected chi connectivity index (χ3v) is 3.43. The van der Waals surface area contributed by atoms with Crippen LogP contribution in [0.15, 0.2) is 0 Å². The standard InChI is InChI=1S/C14H27N/c1-4-5-7-10-13(2)14(3)11-8-6-9-12-15/h13-14H,4-11H2,1-3H3. The van der Waals surface area contributed by atoms with Gasteiger partial charge in [-0.05, 0) is 18.3 Å². The number of hydrogen-bond acceptors (Lipinski definition) is 1. The SMILES string of the molecule is CCCCCC(C)C(C)CCCCC#N. The highest BCUT2D eigenvalue weighted by atomic mass is 14.2. The lowest BCUT2D eigenvalue weighted by atomic mass is 9.87. The molecule has 2 atom stereocenters. The number of hydrogen-bond donors (Lipinski definition) is 0. The molecule has 1 heteroatoms. The minimum Gasteiger partial charge on any atom is -0.198 e. The Bertz CT molecular complexity index is 169. The van der Waals surface area contributed by atoms with Gasteiger partial charge in [-0.3, -0.25) is 0 Å². The van der Waals surface area contributed by atoms with Crippen molar-refractivity contribution in [2.45, 2.75) is 72.1 Å². The maximum absolute atomic E-state index is 8.43. The molecule has 88 valence electrons. The Morgan fingerprint density at radius 1 is 0.933 bits per heavy atom. The Morgan fingerprint density at radius 2 is 1.47 bits per heavy atom. The van der Waals surface area contributed by atoms with E-state index in [1.807, 2.05) is 0 Å². The smallest absolute Gasteiger partial charge is 0.0621 e. The molecule has 0 fully saturated rings. The van der Waals surface area contributed by atoms with E-state index in [-0.39, 0.29) is 0 Å². The maximum Gasteiger partial charge on any atom is 0.0621 e. The Kier molecular flexibility index (Phi) is 9.68. The van der Waals surface area contributed by atoms with E-state index >= 15 is 0 Å². The summed E-state index contributed by atoms with van der Waals surface area (Å²) in [6.07, 6.45) is 9.82. The second-order valence-electron chi connectivity index (χ2n) is 4.85. The zero-order valence-corrected chi connectivity index (χ0v) is 10.8. The molecule has 0 N–H and O–H groups in total. The van der Waals surface area contributed by atoms with E-state index in [2.05, 4.69) is 26.8 Å². The van der Waals surface area contributed by atoms with Gasteiger partial charge in [-0.25, -0.2) is 0 Å². The van der Waals surface area contributed by atoms with Gasteiger partial charge in [0.05, 0.1) is 6.07 Å². The van der Waals surface area contributed by atoms with Crippen LogP contribution >= 0.6 is 0 Å². The first kappa shape index (κ1) is 14.5. The van der Waals surface area contributed by atoms with E-state index in [1.165, 1.54) is 38.5 Å². The summed E-state index contributed by atoms with van der Waals surface area (Å²) in [6, 6.07) is 2.21. The molecule has 0 aliphatic rings. The van der Waals surface area contributed by atoms with E-state index in [0.29, 0.717) is 0 Å². The molecule has 0 saturated carbocycles. The van der Waals surface area contributed by atoms with Gasteiger partial charge in [0.15, 0.2) is 0 Å². The fourth-order valence-corrected chi connectivity index (χ4v) is 1.96. The van der Waals surface area contributed by atoms with E-state index in [0.717, 1.165) is 24.7 Å². The van der Waals surface area contributed by atoms with Crippen LogP contribution in [0.5, 0.6) is 0 Å². The van der Waals surface area contributed by atoms with Gasteiger partial charge in [0, 0.05) is 6.42 Å². The monoisotopic (exact) mass is 209 g/mol. The second-order valence-corrected chi connectivity index (χ2v) is 4.85. The van der Waals surface area contributed by atoms with Crippen molar-refractivity contribution in [1.29, 1.82) is 5.26 Å². The predicted octanol–water partition coefficient (Wildman–Crippen LogP) is 4.92. The minimum atomic E-state index is 0.733.